The van der Waals surface area contributed by atoms with Gasteiger partial charge in [-0.25, -0.2) is 4.98 Å². The summed E-state index contributed by atoms with van der Waals surface area (Å²) in [5, 5.41) is 0. The summed E-state index contributed by atoms with van der Waals surface area (Å²) in [6.45, 7) is 3.36. The molecule has 1 aromatic heterocycles. The molecule has 0 unspecified atom stereocenters. The highest BCUT2D eigenvalue weighted by Crippen LogP contribution is 2.04. The van der Waals surface area contributed by atoms with Gasteiger partial charge in [0.05, 0.1) is 0 Å². The molecule has 0 saturated heterocycles. The van der Waals surface area contributed by atoms with Crippen molar-refractivity contribution >= 4 is 5.91 Å². The largest absolute Gasteiger partial charge is 0.340 e. The fourth-order valence-electron chi connectivity index (χ4n) is 1.63. The first kappa shape index (κ1) is 13.6. The summed E-state index contributed by atoms with van der Waals surface area (Å²) in [5.41, 5.74) is 6.81. The Labute approximate surface area is 103 Å². The van der Waals surface area contributed by atoms with Crippen molar-refractivity contribution in [3.05, 3.63) is 29.6 Å². The second-order valence-electron chi connectivity index (χ2n) is 4.24. The summed E-state index contributed by atoms with van der Waals surface area (Å²) in [5.74, 6) is -0.0125. The standard InChI is InChI=1S/C13H21N3O/c1-11-7-6-8-12(15-11)13(17)16(2)10-5-3-4-9-14/h6-8H,3-5,9-10,14H2,1-2H3. The molecule has 17 heavy (non-hydrogen) atoms. The predicted molar refractivity (Wildman–Crippen MR) is 68.8 cm³/mol. The number of hydrogen-bond donors (Lipinski definition) is 1. The quantitative estimate of drug-likeness (QED) is 0.762. The minimum absolute atomic E-state index is 0.0125. The second-order valence-corrected chi connectivity index (χ2v) is 4.24. The lowest BCUT2D eigenvalue weighted by Gasteiger charge is -2.16. The molecule has 0 fully saturated rings. The van der Waals surface area contributed by atoms with Gasteiger partial charge in [0.25, 0.3) is 5.91 Å². The summed E-state index contributed by atoms with van der Waals surface area (Å²) in [6.07, 6.45) is 3.07. The first-order chi connectivity index (χ1) is 8.15. The van der Waals surface area contributed by atoms with Crippen molar-refractivity contribution in [2.45, 2.75) is 26.2 Å². The number of hydrogen-bond acceptors (Lipinski definition) is 3. The van der Waals surface area contributed by atoms with E-state index in [-0.39, 0.29) is 5.91 Å². The predicted octanol–water partition coefficient (Wildman–Crippen LogP) is 1.59. The number of rotatable bonds is 6. The van der Waals surface area contributed by atoms with Crippen molar-refractivity contribution in [2.24, 2.45) is 5.73 Å². The molecule has 0 atom stereocenters. The molecular formula is C13H21N3O. The van der Waals surface area contributed by atoms with Crippen LogP contribution in [0.2, 0.25) is 0 Å². The molecule has 4 nitrogen and oxygen atoms in total. The number of amides is 1. The Hall–Kier alpha value is -1.42. The highest BCUT2D eigenvalue weighted by Gasteiger charge is 2.12. The fourth-order valence-corrected chi connectivity index (χ4v) is 1.63. The van der Waals surface area contributed by atoms with Crippen LogP contribution in [0.15, 0.2) is 18.2 Å². The lowest BCUT2D eigenvalue weighted by atomic mass is 10.2. The maximum Gasteiger partial charge on any atom is 0.272 e. The van der Waals surface area contributed by atoms with Gasteiger partial charge >= 0.3 is 0 Å². The Balaban J connectivity index is 2.46. The number of nitrogens with two attached hydrogens (primary N) is 1. The van der Waals surface area contributed by atoms with Crippen LogP contribution in [0, 0.1) is 6.92 Å². The van der Waals surface area contributed by atoms with Crippen molar-refractivity contribution in [3.63, 3.8) is 0 Å². The van der Waals surface area contributed by atoms with E-state index in [1.165, 1.54) is 0 Å². The lowest BCUT2D eigenvalue weighted by molar-refractivity contribution is 0.0786. The smallest absolute Gasteiger partial charge is 0.272 e. The highest BCUT2D eigenvalue weighted by atomic mass is 16.2. The van der Waals surface area contributed by atoms with Gasteiger partial charge in [-0.2, -0.15) is 0 Å². The third kappa shape index (κ3) is 4.53. The van der Waals surface area contributed by atoms with Crippen LogP contribution >= 0.6 is 0 Å². The van der Waals surface area contributed by atoms with E-state index in [1.54, 1.807) is 11.0 Å². The number of carbonyl (C=O) groups excluding carboxylic acids is 1. The zero-order valence-corrected chi connectivity index (χ0v) is 10.6. The molecule has 0 bridgehead atoms. The molecule has 0 aromatic carbocycles. The Morgan fingerprint density at radius 2 is 2.12 bits per heavy atom. The fraction of sp³-hybridized carbons (Fsp3) is 0.538. The molecule has 0 radical (unpaired) electrons. The van der Waals surface area contributed by atoms with Crippen molar-refractivity contribution in [1.29, 1.82) is 0 Å². The molecular weight excluding hydrogens is 214 g/mol. The monoisotopic (exact) mass is 235 g/mol. The van der Waals surface area contributed by atoms with Crippen LogP contribution in [-0.2, 0) is 0 Å². The van der Waals surface area contributed by atoms with Crippen molar-refractivity contribution in [2.75, 3.05) is 20.1 Å². The molecule has 94 valence electrons. The zero-order chi connectivity index (χ0) is 12.7. The van der Waals surface area contributed by atoms with E-state index in [4.69, 9.17) is 5.73 Å². The first-order valence-electron chi connectivity index (χ1n) is 6.04. The maximum absolute atomic E-state index is 12.0. The van der Waals surface area contributed by atoms with Crippen molar-refractivity contribution in [1.82, 2.24) is 9.88 Å². The van der Waals surface area contributed by atoms with Gasteiger partial charge in [0.1, 0.15) is 5.69 Å². The average Bonchev–Trinajstić information content (AvgIpc) is 2.33. The van der Waals surface area contributed by atoms with E-state index >= 15 is 0 Å². The van der Waals surface area contributed by atoms with Gasteiger partial charge in [0, 0.05) is 19.3 Å². The zero-order valence-electron chi connectivity index (χ0n) is 10.6. The summed E-state index contributed by atoms with van der Waals surface area (Å²) in [6, 6.07) is 5.50. The van der Waals surface area contributed by atoms with E-state index in [1.807, 2.05) is 26.1 Å². The van der Waals surface area contributed by atoms with Gasteiger partial charge in [-0.1, -0.05) is 12.5 Å². The SMILES string of the molecule is Cc1cccc(C(=O)N(C)CCCCCN)n1. The molecule has 0 aliphatic rings. The molecule has 1 amide bonds. The first-order valence-corrected chi connectivity index (χ1v) is 6.04. The summed E-state index contributed by atoms with van der Waals surface area (Å²) >= 11 is 0. The number of aryl methyl sites for hydroxylation is 1. The number of nitrogens with zero attached hydrogens (tertiary/aromatic N) is 2. The molecule has 0 aliphatic carbocycles. The Morgan fingerprint density at radius 1 is 1.35 bits per heavy atom. The number of aromatic nitrogens is 1. The minimum Gasteiger partial charge on any atom is -0.340 e. The van der Waals surface area contributed by atoms with Crippen LogP contribution < -0.4 is 5.73 Å². The molecule has 2 N–H and O–H groups in total. The van der Waals surface area contributed by atoms with Crippen LogP contribution in [0.25, 0.3) is 0 Å². The molecule has 0 aliphatic heterocycles. The summed E-state index contributed by atoms with van der Waals surface area (Å²) in [4.78, 5) is 17.9. The van der Waals surface area contributed by atoms with Crippen LogP contribution in [0.4, 0.5) is 0 Å². The van der Waals surface area contributed by atoms with Gasteiger partial charge in [-0.15, -0.1) is 0 Å². The topological polar surface area (TPSA) is 59.2 Å². The van der Waals surface area contributed by atoms with Gasteiger partial charge < -0.3 is 10.6 Å². The van der Waals surface area contributed by atoms with E-state index in [2.05, 4.69) is 4.98 Å². The van der Waals surface area contributed by atoms with Crippen LogP contribution in [-0.4, -0.2) is 35.9 Å². The summed E-state index contributed by atoms with van der Waals surface area (Å²) in [7, 11) is 1.81. The molecule has 0 spiro atoms. The average molecular weight is 235 g/mol. The Bertz CT molecular complexity index is 365. The van der Waals surface area contributed by atoms with Crippen LogP contribution in [0.3, 0.4) is 0 Å². The number of unbranched alkanes of at least 4 members (excludes halogenated alkanes) is 2. The highest BCUT2D eigenvalue weighted by molar-refractivity contribution is 5.92. The molecule has 0 saturated carbocycles. The van der Waals surface area contributed by atoms with E-state index in [0.717, 1.165) is 38.0 Å². The molecule has 1 rings (SSSR count). The van der Waals surface area contributed by atoms with Crippen molar-refractivity contribution in [3.8, 4) is 0 Å². The Kier molecular flexibility index (Phi) is 5.63. The molecule has 1 aromatic rings. The van der Waals surface area contributed by atoms with Crippen molar-refractivity contribution < 1.29 is 4.79 Å². The van der Waals surface area contributed by atoms with Gasteiger partial charge in [-0.3, -0.25) is 4.79 Å². The van der Waals surface area contributed by atoms with E-state index in [9.17, 15) is 4.79 Å². The van der Waals surface area contributed by atoms with E-state index < -0.39 is 0 Å². The molecule has 1 heterocycles. The number of pyridine rings is 1. The maximum atomic E-state index is 12.0. The second kappa shape index (κ2) is 7.01. The minimum atomic E-state index is -0.0125. The normalized spacial score (nSPS) is 10.3. The Morgan fingerprint density at radius 3 is 2.76 bits per heavy atom. The number of carbonyl (C=O) groups is 1. The van der Waals surface area contributed by atoms with Crippen LogP contribution in [0.5, 0.6) is 0 Å². The summed E-state index contributed by atoms with van der Waals surface area (Å²) < 4.78 is 0. The molecule has 4 heteroatoms. The van der Waals surface area contributed by atoms with E-state index in [0.29, 0.717) is 5.69 Å². The third-order valence-electron chi connectivity index (χ3n) is 2.65. The van der Waals surface area contributed by atoms with Gasteiger partial charge in [0.15, 0.2) is 0 Å². The lowest BCUT2D eigenvalue weighted by Crippen LogP contribution is -2.28. The van der Waals surface area contributed by atoms with Crippen LogP contribution in [0.1, 0.15) is 35.4 Å². The van der Waals surface area contributed by atoms with Gasteiger partial charge in [-0.05, 0) is 38.4 Å². The third-order valence-corrected chi connectivity index (χ3v) is 2.65. The van der Waals surface area contributed by atoms with Gasteiger partial charge in [0.2, 0.25) is 0 Å².